The van der Waals surface area contributed by atoms with Crippen LogP contribution in [0.1, 0.15) is 13.8 Å². The van der Waals surface area contributed by atoms with Crippen molar-refractivity contribution in [3.05, 3.63) is 58.6 Å². The SMILES string of the molecule is CCN(CC)C(=Nc1ccc([N+](=O)[O-])cc1)n1nc2ccccc2n1. The van der Waals surface area contributed by atoms with E-state index in [1.54, 1.807) is 12.1 Å². The highest BCUT2D eigenvalue weighted by molar-refractivity contribution is 5.86. The maximum absolute atomic E-state index is 10.8. The topological polar surface area (TPSA) is 89.5 Å². The molecule has 1 heterocycles. The molecular weight excluding hydrogens is 320 g/mol. The van der Waals surface area contributed by atoms with Crippen LogP contribution in [0.2, 0.25) is 0 Å². The van der Waals surface area contributed by atoms with Crippen LogP contribution in [0.25, 0.3) is 11.0 Å². The van der Waals surface area contributed by atoms with Crippen molar-refractivity contribution in [3.8, 4) is 0 Å². The van der Waals surface area contributed by atoms with E-state index in [-0.39, 0.29) is 5.69 Å². The number of nitrogens with zero attached hydrogens (tertiary/aromatic N) is 6. The summed E-state index contributed by atoms with van der Waals surface area (Å²) in [7, 11) is 0. The Morgan fingerprint density at radius 1 is 1.08 bits per heavy atom. The normalized spacial score (nSPS) is 11.7. The van der Waals surface area contributed by atoms with Crippen LogP contribution in [0.3, 0.4) is 0 Å². The Balaban J connectivity index is 2.06. The van der Waals surface area contributed by atoms with Gasteiger partial charge in [0.05, 0.1) is 10.6 Å². The molecule has 2 aromatic carbocycles. The van der Waals surface area contributed by atoms with Crippen LogP contribution in [-0.2, 0) is 0 Å². The summed E-state index contributed by atoms with van der Waals surface area (Å²) in [6, 6.07) is 13.7. The Morgan fingerprint density at radius 2 is 1.64 bits per heavy atom. The van der Waals surface area contributed by atoms with Gasteiger partial charge in [-0.2, -0.15) is 0 Å². The third-order valence-electron chi connectivity index (χ3n) is 3.80. The number of hydrogen-bond acceptors (Lipinski definition) is 5. The average molecular weight is 338 g/mol. The minimum Gasteiger partial charge on any atom is -0.340 e. The van der Waals surface area contributed by atoms with Gasteiger partial charge in [-0.25, -0.2) is 4.99 Å². The van der Waals surface area contributed by atoms with Gasteiger partial charge in [0.2, 0.25) is 5.96 Å². The molecule has 0 N–H and O–H groups in total. The molecule has 0 saturated carbocycles. The first kappa shape index (κ1) is 16.6. The molecule has 8 nitrogen and oxygen atoms in total. The summed E-state index contributed by atoms with van der Waals surface area (Å²) in [5, 5.41) is 19.8. The molecule has 0 atom stereocenters. The number of benzene rings is 2. The summed E-state index contributed by atoms with van der Waals surface area (Å²) in [6.07, 6.45) is 0. The van der Waals surface area contributed by atoms with E-state index in [2.05, 4.69) is 15.2 Å². The summed E-state index contributed by atoms with van der Waals surface area (Å²) in [6.45, 7) is 5.52. The lowest BCUT2D eigenvalue weighted by Gasteiger charge is -2.21. The maximum atomic E-state index is 10.8. The molecule has 1 aromatic heterocycles. The number of fused-ring (bicyclic) bond motifs is 1. The van der Waals surface area contributed by atoms with Crippen LogP contribution in [0.4, 0.5) is 11.4 Å². The second-order valence-electron chi connectivity index (χ2n) is 5.34. The van der Waals surface area contributed by atoms with Crippen LogP contribution in [0.5, 0.6) is 0 Å². The first-order valence-corrected chi connectivity index (χ1v) is 8.03. The molecule has 0 unspecified atom stereocenters. The summed E-state index contributed by atoms with van der Waals surface area (Å²) < 4.78 is 0. The fourth-order valence-corrected chi connectivity index (χ4v) is 2.46. The predicted molar refractivity (Wildman–Crippen MR) is 96.0 cm³/mol. The smallest absolute Gasteiger partial charge is 0.269 e. The van der Waals surface area contributed by atoms with Crippen molar-refractivity contribution in [2.45, 2.75) is 13.8 Å². The number of nitro benzene ring substituents is 1. The zero-order valence-corrected chi connectivity index (χ0v) is 14.0. The van der Waals surface area contributed by atoms with Crippen molar-refractivity contribution in [1.82, 2.24) is 19.9 Å². The third kappa shape index (κ3) is 3.47. The standard InChI is InChI=1S/C17H18N6O2/c1-3-21(4-2)17(18-13-9-11-14(12-10-13)23(24)25)22-19-15-7-5-6-8-16(15)20-22/h5-12H,3-4H2,1-2H3. The molecule has 128 valence electrons. The molecule has 0 saturated heterocycles. The van der Waals surface area contributed by atoms with Gasteiger partial charge in [-0.3, -0.25) is 10.1 Å². The monoisotopic (exact) mass is 338 g/mol. The van der Waals surface area contributed by atoms with Gasteiger partial charge in [-0.05, 0) is 38.1 Å². The first-order valence-electron chi connectivity index (χ1n) is 8.03. The molecule has 25 heavy (non-hydrogen) atoms. The summed E-state index contributed by atoms with van der Waals surface area (Å²) in [5.41, 5.74) is 2.21. The van der Waals surface area contributed by atoms with Crippen LogP contribution in [0, 0.1) is 10.1 Å². The Morgan fingerprint density at radius 3 is 2.12 bits per heavy atom. The van der Waals surface area contributed by atoms with Gasteiger partial charge in [0, 0.05) is 25.2 Å². The predicted octanol–water partition coefficient (Wildman–Crippen LogP) is 3.22. The number of hydrogen-bond donors (Lipinski definition) is 0. The molecule has 0 aliphatic heterocycles. The third-order valence-corrected chi connectivity index (χ3v) is 3.80. The van der Waals surface area contributed by atoms with E-state index in [0.717, 1.165) is 24.1 Å². The van der Waals surface area contributed by atoms with Gasteiger partial charge in [-0.1, -0.05) is 12.1 Å². The van der Waals surface area contributed by atoms with Gasteiger partial charge >= 0.3 is 0 Å². The van der Waals surface area contributed by atoms with E-state index in [4.69, 9.17) is 0 Å². The van der Waals surface area contributed by atoms with Gasteiger partial charge in [0.25, 0.3) is 5.69 Å². The zero-order valence-electron chi connectivity index (χ0n) is 14.0. The number of rotatable bonds is 4. The summed E-state index contributed by atoms with van der Waals surface area (Å²) in [5.74, 6) is 0.579. The minimum absolute atomic E-state index is 0.0336. The lowest BCUT2D eigenvalue weighted by atomic mass is 10.3. The number of aliphatic imine (C=N–C) groups is 1. The lowest BCUT2D eigenvalue weighted by molar-refractivity contribution is -0.384. The molecule has 3 aromatic rings. The van der Waals surface area contributed by atoms with Crippen LogP contribution in [-0.4, -0.2) is 43.9 Å². The van der Waals surface area contributed by atoms with Crippen molar-refractivity contribution in [2.75, 3.05) is 13.1 Å². The van der Waals surface area contributed by atoms with Crippen molar-refractivity contribution in [2.24, 2.45) is 4.99 Å². The molecule has 0 aliphatic carbocycles. The minimum atomic E-state index is -0.430. The Labute approximate surface area is 144 Å². The van der Waals surface area contributed by atoms with E-state index in [9.17, 15) is 10.1 Å². The van der Waals surface area contributed by atoms with Gasteiger partial charge < -0.3 is 4.90 Å². The molecule has 3 rings (SSSR count). The fourth-order valence-electron chi connectivity index (χ4n) is 2.46. The molecule has 0 amide bonds. The molecule has 0 radical (unpaired) electrons. The van der Waals surface area contributed by atoms with Gasteiger partial charge in [0.1, 0.15) is 11.0 Å². The Hall–Kier alpha value is -3.29. The van der Waals surface area contributed by atoms with E-state index in [0.29, 0.717) is 11.6 Å². The zero-order chi connectivity index (χ0) is 17.8. The van der Waals surface area contributed by atoms with E-state index >= 15 is 0 Å². The Kier molecular flexibility index (Phi) is 4.69. The van der Waals surface area contributed by atoms with Crippen molar-refractivity contribution in [1.29, 1.82) is 0 Å². The van der Waals surface area contributed by atoms with Crippen LogP contribution < -0.4 is 0 Å². The van der Waals surface area contributed by atoms with Crippen molar-refractivity contribution < 1.29 is 4.92 Å². The van der Waals surface area contributed by atoms with Crippen LogP contribution in [0.15, 0.2) is 53.5 Å². The van der Waals surface area contributed by atoms with Gasteiger partial charge in [0.15, 0.2) is 0 Å². The highest BCUT2D eigenvalue weighted by Crippen LogP contribution is 2.19. The highest BCUT2D eigenvalue weighted by atomic mass is 16.6. The second kappa shape index (κ2) is 7.08. The Bertz CT molecular complexity index is 879. The average Bonchev–Trinajstić information content (AvgIpc) is 3.06. The molecule has 0 fully saturated rings. The summed E-state index contributed by atoms with van der Waals surface area (Å²) in [4.78, 5) is 18.5. The molecule has 0 bridgehead atoms. The fraction of sp³-hybridized carbons (Fsp3) is 0.235. The number of nitro groups is 1. The van der Waals surface area contributed by atoms with E-state index in [1.165, 1.54) is 16.9 Å². The largest absolute Gasteiger partial charge is 0.340 e. The lowest BCUT2D eigenvalue weighted by Crippen LogP contribution is -2.37. The van der Waals surface area contributed by atoms with Crippen molar-refractivity contribution >= 4 is 28.4 Å². The second-order valence-corrected chi connectivity index (χ2v) is 5.34. The quantitative estimate of drug-likeness (QED) is 0.315. The summed E-state index contributed by atoms with van der Waals surface area (Å²) >= 11 is 0. The number of aromatic nitrogens is 3. The van der Waals surface area contributed by atoms with E-state index in [1.807, 2.05) is 43.0 Å². The molecule has 0 spiro atoms. The van der Waals surface area contributed by atoms with Gasteiger partial charge in [-0.15, -0.1) is 15.0 Å². The van der Waals surface area contributed by atoms with Crippen molar-refractivity contribution in [3.63, 3.8) is 0 Å². The number of non-ortho nitro benzene ring substituents is 1. The maximum Gasteiger partial charge on any atom is 0.269 e. The molecule has 8 heteroatoms. The first-order chi connectivity index (χ1) is 12.1. The van der Waals surface area contributed by atoms with E-state index < -0.39 is 4.92 Å². The van der Waals surface area contributed by atoms with Crippen LogP contribution >= 0.6 is 0 Å². The highest BCUT2D eigenvalue weighted by Gasteiger charge is 2.15. The molecular formula is C17H18N6O2. The molecule has 0 aliphatic rings.